The minimum Gasteiger partial charge on any atom is -0.497 e. The number of methoxy groups -OCH3 is 1. The summed E-state index contributed by atoms with van der Waals surface area (Å²) in [5.74, 6) is 0.844. The number of rotatable bonds is 4. The molecule has 0 bridgehead atoms. The largest absolute Gasteiger partial charge is 0.497 e. The summed E-state index contributed by atoms with van der Waals surface area (Å²) < 4.78 is 5.45. The number of nitrogens with zero attached hydrogens (tertiary/aromatic N) is 1. The lowest BCUT2D eigenvalue weighted by atomic mass is 9.80. The molecule has 0 aliphatic carbocycles. The molecule has 2 N–H and O–H groups in total. The van der Waals surface area contributed by atoms with Crippen molar-refractivity contribution in [1.29, 1.82) is 0 Å². The van der Waals surface area contributed by atoms with E-state index in [1.807, 2.05) is 6.08 Å². The van der Waals surface area contributed by atoms with Gasteiger partial charge in [-0.15, -0.1) is 0 Å². The van der Waals surface area contributed by atoms with E-state index in [1.165, 1.54) is 16.8 Å². The molecule has 0 aromatic heterocycles. The molecule has 1 atom stereocenters. The van der Waals surface area contributed by atoms with Gasteiger partial charge in [0.2, 0.25) is 0 Å². The molecule has 2 aliphatic heterocycles. The Morgan fingerprint density at radius 1 is 1.23 bits per heavy atom. The zero-order valence-electron chi connectivity index (χ0n) is 15.2. The molecule has 0 spiro atoms. The number of aliphatic hydroxyl groups excluding tert-OH is 1. The fourth-order valence-corrected chi connectivity index (χ4v) is 4.52. The second-order valence-electron chi connectivity index (χ2n) is 7.03. The first-order chi connectivity index (χ1) is 12.8. The van der Waals surface area contributed by atoms with Crippen LogP contribution in [0.4, 0.5) is 5.69 Å². The van der Waals surface area contributed by atoms with Crippen LogP contribution in [0.3, 0.4) is 0 Å². The highest BCUT2D eigenvalue weighted by molar-refractivity contribution is 5.68. The number of ether oxygens (including phenoxy) is 1. The average Bonchev–Trinajstić information content (AvgIpc) is 2.85. The molecule has 2 aromatic carbocycles. The third-order valence-corrected chi connectivity index (χ3v) is 5.67. The smallest absolute Gasteiger partial charge is 0.119 e. The number of hydrogen-bond donors (Lipinski definition) is 2. The van der Waals surface area contributed by atoms with E-state index in [0.29, 0.717) is 0 Å². The molecular formula is C22H26N2O2. The molecular weight excluding hydrogens is 324 g/mol. The highest BCUT2D eigenvalue weighted by Crippen LogP contribution is 2.48. The van der Waals surface area contributed by atoms with Gasteiger partial charge >= 0.3 is 0 Å². The summed E-state index contributed by atoms with van der Waals surface area (Å²) in [4.78, 5) is 2.58. The van der Waals surface area contributed by atoms with Gasteiger partial charge in [-0.1, -0.05) is 36.4 Å². The number of para-hydroxylation sites is 1. The minimum atomic E-state index is -0.0609. The number of fused-ring (bicyclic) bond motifs is 3. The van der Waals surface area contributed by atoms with Crippen LogP contribution in [0, 0.1) is 0 Å². The van der Waals surface area contributed by atoms with E-state index < -0.39 is 0 Å². The van der Waals surface area contributed by atoms with Crippen molar-refractivity contribution in [2.75, 3.05) is 38.3 Å². The summed E-state index contributed by atoms with van der Waals surface area (Å²) in [5, 5.41) is 12.9. The van der Waals surface area contributed by atoms with E-state index in [2.05, 4.69) is 52.7 Å². The van der Waals surface area contributed by atoms with Crippen molar-refractivity contribution in [3.63, 3.8) is 0 Å². The number of nitrogens with one attached hydrogen (secondary N) is 1. The number of benzene rings is 2. The van der Waals surface area contributed by atoms with Crippen LogP contribution in [0.5, 0.6) is 5.75 Å². The molecule has 1 saturated heterocycles. The van der Waals surface area contributed by atoms with Gasteiger partial charge in [0.15, 0.2) is 0 Å². The zero-order valence-corrected chi connectivity index (χ0v) is 15.2. The molecule has 1 fully saturated rings. The first-order valence-corrected chi connectivity index (χ1v) is 9.31. The van der Waals surface area contributed by atoms with Crippen LogP contribution >= 0.6 is 0 Å². The molecule has 1 unspecified atom stereocenters. The van der Waals surface area contributed by atoms with E-state index in [-0.39, 0.29) is 12.1 Å². The Morgan fingerprint density at radius 2 is 2.12 bits per heavy atom. The third-order valence-electron chi connectivity index (χ3n) is 5.67. The lowest BCUT2D eigenvalue weighted by molar-refractivity contribution is 0.343. The molecule has 2 aliphatic rings. The van der Waals surface area contributed by atoms with Crippen molar-refractivity contribution in [3.05, 3.63) is 65.2 Å². The van der Waals surface area contributed by atoms with Gasteiger partial charge in [-0.3, -0.25) is 0 Å². The van der Waals surface area contributed by atoms with Gasteiger partial charge in [0.25, 0.3) is 0 Å². The Hall–Kier alpha value is -2.30. The first kappa shape index (κ1) is 17.1. The second-order valence-corrected chi connectivity index (χ2v) is 7.03. The Balaban J connectivity index is 1.88. The second kappa shape index (κ2) is 7.14. The van der Waals surface area contributed by atoms with Crippen molar-refractivity contribution in [1.82, 2.24) is 5.32 Å². The fraction of sp³-hybridized carbons (Fsp3) is 0.364. The van der Waals surface area contributed by atoms with Crippen molar-refractivity contribution in [2.45, 2.75) is 18.4 Å². The molecule has 4 rings (SSSR count). The van der Waals surface area contributed by atoms with Crippen LogP contribution in [-0.2, 0) is 12.0 Å². The SMILES string of the molecule is COc1ccc(C23CCNCCN2c2ccccc2C3)c(/C=C\CO)c1. The normalized spacial score (nSPS) is 22.2. The molecule has 26 heavy (non-hydrogen) atoms. The van der Waals surface area contributed by atoms with E-state index in [0.717, 1.165) is 43.8 Å². The van der Waals surface area contributed by atoms with Crippen LogP contribution in [0.1, 0.15) is 23.1 Å². The van der Waals surface area contributed by atoms with Gasteiger partial charge < -0.3 is 20.1 Å². The highest BCUT2D eigenvalue weighted by atomic mass is 16.5. The van der Waals surface area contributed by atoms with Gasteiger partial charge in [-0.25, -0.2) is 0 Å². The van der Waals surface area contributed by atoms with Gasteiger partial charge in [0, 0.05) is 25.2 Å². The van der Waals surface area contributed by atoms with Crippen molar-refractivity contribution >= 4 is 11.8 Å². The summed E-state index contributed by atoms with van der Waals surface area (Å²) in [6, 6.07) is 15.1. The van der Waals surface area contributed by atoms with E-state index in [1.54, 1.807) is 13.2 Å². The fourth-order valence-electron chi connectivity index (χ4n) is 4.52. The summed E-state index contributed by atoms with van der Waals surface area (Å²) in [7, 11) is 1.69. The lowest BCUT2D eigenvalue weighted by Gasteiger charge is -2.40. The monoisotopic (exact) mass is 350 g/mol. The molecule has 4 heteroatoms. The van der Waals surface area contributed by atoms with Gasteiger partial charge in [0.05, 0.1) is 19.3 Å². The van der Waals surface area contributed by atoms with Gasteiger partial charge in [0.1, 0.15) is 5.75 Å². The Bertz CT molecular complexity index is 818. The Morgan fingerprint density at radius 3 is 2.96 bits per heavy atom. The summed E-state index contributed by atoms with van der Waals surface area (Å²) in [6.07, 6.45) is 5.88. The molecule has 136 valence electrons. The predicted octanol–water partition coefficient (Wildman–Crippen LogP) is 2.95. The van der Waals surface area contributed by atoms with Crippen LogP contribution in [0.2, 0.25) is 0 Å². The van der Waals surface area contributed by atoms with Crippen LogP contribution in [0.15, 0.2) is 48.5 Å². The summed E-state index contributed by atoms with van der Waals surface area (Å²) in [5.41, 5.74) is 5.14. The maximum absolute atomic E-state index is 9.29. The number of anilines is 1. The van der Waals surface area contributed by atoms with E-state index >= 15 is 0 Å². The number of hydrogen-bond acceptors (Lipinski definition) is 4. The van der Waals surface area contributed by atoms with Crippen molar-refractivity contribution in [3.8, 4) is 5.75 Å². The molecule has 2 heterocycles. The minimum absolute atomic E-state index is 0.0369. The van der Waals surface area contributed by atoms with Gasteiger partial charge in [-0.2, -0.15) is 0 Å². The number of aliphatic hydroxyl groups is 1. The van der Waals surface area contributed by atoms with Gasteiger partial charge in [-0.05, 0) is 47.9 Å². The topological polar surface area (TPSA) is 44.7 Å². The van der Waals surface area contributed by atoms with E-state index in [4.69, 9.17) is 4.74 Å². The molecule has 0 radical (unpaired) electrons. The predicted molar refractivity (Wildman–Crippen MR) is 106 cm³/mol. The first-order valence-electron chi connectivity index (χ1n) is 9.31. The maximum Gasteiger partial charge on any atom is 0.119 e. The van der Waals surface area contributed by atoms with E-state index in [9.17, 15) is 5.11 Å². The summed E-state index contributed by atoms with van der Waals surface area (Å²) in [6.45, 7) is 3.02. The Kier molecular flexibility index (Phi) is 4.70. The standard InChI is InChI=1S/C22H26N2O2/c1-26-19-8-9-20(17(15-19)6-4-14-25)22-10-11-23-12-13-24(22)21-7-3-2-5-18(21)16-22/h2-9,15,23,25H,10-14,16H2,1H3/b6-4-. The molecule has 2 aromatic rings. The maximum atomic E-state index is 9.29. The van der Waals surface area contributed by atoms with Crippen molar-refractivity contribution in [2.24, 2.45) is 0 Å². The zero-order chi connectivity index (χ0) is 18.0. The van der Waals surface area contributed by atoms with Crippen molar-refractivity contribution < 1.29 is 9.84 Å². The van der Waals surface area contributed by atoms with Crippen LogP contribution in [0.25, 0.3) is 6.08 Å². The van der Waals surface area contributed by atoms with Crippen LogP contribution in [-0.4, -0.2) is 38.5 Å². The third kappa shape index (κ3) is 2.79. The lowest BCUT2D eigenvalue weighted by Crippen LogP contribution is -2.45. The highest BCUT2D eigenvalue weighted by Gasteiger charge is 2.46. The Labute approximate surface area is 155 Å². The van der Waals surface area contributed by atoms with Crippen LogP contribution < -0.4 is 15.0 Å². The molecule has 0 amide bonds. The average molecular weight is 350 g/mol. The summed E-state index contributed by atoms with van der Waals surface area (Å²) >= 11 is 0. The quantitative estimate of drug-likeness (QED) is 0.890. The molecule has 0 saturated carbocycles. The molecule has 4 nitrogen and oxygen atoms in total.